The van der Waals surface area contributed by atoms with Gasteiger partial charge in [0.15, 0.2) is 0 Å². The van der Waals surface area contributed by atoms with Crippen molar-refractivity contribution in [2.45, 2.75) is 19.5 Å². The first-order chi connectivity index (χ1) is 14.7. The molecular weight excluding hydrogens is 427 g/mol. The van der Waals surface area contributed by atoms with Crippen molar-refractivity contribution in [3.05, 3.63) is 60.2 Å². The third kappa shape index (κ3) is 5.37. The maximum atomic E-state index is 13.2. The minimum Gasteiger partial charge on any atom is -0.497 e. The first kappa shape index (κ1) is 22.2. The molecule has 1 aromatic heterocycles. The first-order valence-corrected chi connectivity index (χ1v) is 11.0. The van der Waals surface area contributed by atoms with Crippen LogP contribution in [0.5, 0.6) is 5.75 Å². The van der Waals surface area contributed by atoms with E-state index in [4.69, 9.17) is 9.26 Å². The van der Waals surface area contributed by atoms with Crippen LogP contribution in [0.1, 0.15) is 12.8 Å². The predicted molar refractivity (Wildman–Crippen MR) is 111 cm³/mol. The van der Waals surface area contributed by atoms with Crippen LogP contribution in [0.2, 0.25) is 0 Å². The summed E-state index contributed by atoms with van der Waals surface area (Å²) in [5.74, 6) is -0.00705. The lowest BCUT2D eigenvalue weighted by molar-refractivity contribution is -0.122. The van der Waals surface area contributed by atoms with Gasteiger partial charge in [0.25, 0.3) is 0 Å². The van der Waals surface area contributed by atoms with E-state index in [1.54, 1.807) is 31.4 Å². The Bertz CT molecular complexity index is 1160. The quantitative estimate of drug-likeness (QED) is 0.563. The van der Waals surface area contributed by atoms with Crippen LogP contribution in [0, 0.1) is 5.82 Å². The van der Waals surface area contributed by atoms with E-state index >= 15 is 0 Å². The number of benzene rings is 2. The standard InChI is InChI=1S/C20H21FN4O5S/c1-13(25(31(3,27)28)16-9-7-15(21)8-10-16)20(26)22-12-18-23-19(24-30-18)14-5-4-6-17(11-14)29-2/h4-11,13H,12H2,1-3H3,(H,22,26)/t13-/m1/s1. The van der Waals surface area contributed by atoms with Gasteiger partial charge in [0.2, 0.25) is 27.6 Å². The highest BCUT2D eigenvalue weighted by atomic mass is 32.2. The number of carbonyl (C=O) groups excluding carboxylic acids is 1. The van der Waals surface area contributed by atoms with Crippen LogP contribution in [-0.2, 0) is 21.4 Å². The fourth-order valence-corrected chi connectivity index (χ4v) is 4.09. The molecule has 3 aromatic rings. The highest BCUT2D eigenvalue weighted by Crippen LogP contribution is 2.22. The molecule has 31 heavy (non-hydrogen) atoms. The molecule has 0 fully saturated rings. The predicted octanol–water partition coefficient (Wildman–Crippen LogP) is 2.36. The molecule has 0 unspecified atom stereocenters. The molecule has 0 spiro atoms. The van der Waals surface area contributed by atoms with Gasteiger partial charge in [0.05, 0.1) is 25.6 Å². The van der Waals surface area contributed by atoms with E-state index in [1.165, 1.54) is 19.1 Å². The molecule has 2 aromatic carbocycles. The van der Waals surface area contributed by atoms with Gasteiger partial charge < -0.3 is 14.6 Å². The molecule has 0 radical (unpaired) electrons. The Morgan fingerprint density at radius 1 is 1.26 bits per heavy atom. The molecular formula is C20H21FN4O5S. The molecule has 1 amide bonds. The molecule has 0 aliphatic rings. The van der Waals surface area contributed by atoms with Crippen LogP contribution in [-0.4, -0.2) is 43.9 Å². The second-order valence-corrected chi connectivity index (χ2v) is 8.53. The summed E-state index contributed by atoms with van der Waals surface area (Å²) in [4.78, 5) is 16.8. The summed E-state index contributed by atoms with van der Waals surface area (Å²) in [5.41, 5.74) is 0.846. The molecule has 0 bridgehead atoms. The molecule has 1 heterocycles. The van der Waals surface area contributed by atoms with Crippen molar-refractivity contribution in [2.24, 2.45) is 0 Å². The molecule has 9 nitrogen and oxygen atoms in total. The summed E-state index contributed by atoms with van der Waals surface area (Å²) < 4.78 is 48.9. The number of nitrogens with one attached hydrogen (secondary N) is 1. The Morgan fingerprint density at radius 3 is 2.61 bits per heavy atom. The number of hydrogen-bond donors (Lipinski definition) is 1. The molecule has 0 saturated heterocycles. The maximum Gasteiger partial charge on any atom is 0.246 e. The number of sulfonamides is 1. The normalized spacial score (nSPS) is 12.3. The zero-order chi connectivity index (χ0) is 22.6. The van der Waals surface area contributed by atoms with E-state index in [2.05, 4.69) is 15.5 Å². The van der Waals surface area contributed by atoms with Gasteiger partial charge in [-0.2, -0.15) is 4.98 Å². The SMILES string of the molecule is COc1cccc(-c2noc(CNC(=O)[C@@H](C)N(c3ccc(F)cc3)S(C)(=O)=O)n2)c1. The van der Waals surface area contributed by atoms with Gasteiger partial charge in [-0.25, -0.2) is 12.8 Å². The van der Waals surface area contributed by atoms with Crippen molar-refractivity contribution < 1.29 is 26.9 Å². The summed E-state index contributed by atoms with van der Waals surface area (Å²) in [5, 5.41) is 6.46. The van der Waals surface area contributed by atoms with E-state index in [1.807, 2.05) is 0 Å². The molecule has 3 rings (SSSR count). The van der Waals surface area contributed by atoms with Gasteiger partial charge in [-0.1, -0.05) is 17.3 Å². The minimum atomic E-state index is -3.81. The highest BCUT2D eigenvalue weighted by Gasteiger charge is 2.29. The second-order valence-electron chi connectivity index (χ2n) is 6.67. The number of amides is 1. The lowest BCUT2D eigenvalue weighted by Gasteiger charge is -2.28. The van der Waals surface area contributed by atoms with Gasteiger partial charge in [-0.15, -0.1) is 0 Å². The molecule has 0 aliphatic heterocycles. The Morgan fingerprint density at radius 2 is 1.97 bits per heavy atom. The number of carbonyl (C=O) groups is 1. The van der Waals surface area contributed by atoms with Crippen molar-refractivity contribution >= 4 is 21.6 Å². The summed E-state index contributed by atoms with van der Waals surface area (Å²) in [6.07, 6.45) is 0.971. The van der Waals surface area contributed by atoms with E-state index in [0.29, 0.717) is 17.1 Å². The Kier molecular flexibility index (Phi) is 6.54. The summed E-state index contributed by atoms with van der Waals surface area (Å²) >= 11 is 0. The van der Waals surface area contributed by atoms with Crippen molar-refractivity contribution in [1.29, 1.82) is 0 Å². The summed E-state index contributed by atoms with van der Waals surface area (Å²) in [6, 6.07) is 10.8. The number of halogens is 1. The average Bonchev–Trinajstić information content (AvgIpc) is 3.21. The van der Waals surface area contributed by atoms with E-state index in [9.17, 15) is 17.6 Å². The molecule has 0 aliphatic carbocycles. The third-order valence-electron chi connectivity index (χ3n) is 4.38. The number of aromatic nitrogens is 2. The van der Waals surface area contributed by atoms with Crippen LogP contribution in [0.3, 0.4) is 0 Å². The van der Waals surface area contributed by atoms with Crippen LogP contribution in [0.4, 0.5) is 10.1 Å². The highest BCUT2D eigenvalue weighted by molar-refractivity contribution is 7.92. The lowest BCUT2D eigenvalue weighted by Crippen LogP contribution is -2.47. The largest absolute Gasteiger partial charge is 0.497 e. The molecule has 11 heteroatoms. The van der Waals surface area contributed by atoms with Crippen LogP contribution >= 0.6 is 0 Å². The fourth-order valence-electron chi connectivity index (χ4n) is 2.91. The van der Waals surface area contributed by atoms with E-state index in [0.717, 1.165) is 22.7 Å². The Labute approximate surface area is 178 Å². The van der Waals surface area contributed by atoms with Crippen molar-refractivity contribution in [3.63, 3.8) is 0 Å². The smallest absolute Gasteiger partial charge is 0.246 e. The number of methoxy groups -OCH3 is 1. The topological polar surface area (TPSA) is 115 Å². The number of rotatable bonds is 8. The number of hydrogen-bond acceptors (Lipinski definition) is 7. The molecule has 164 valence electrons. The minimum absolute atomic E-state index is 0.0961. The van der Waals surface area contributed by atoms with Crippen molar-refractivity contribution in [1.82, 2.24) is 15.5 Å². The fraction of sp³-hybridized carbons (Fsp3) is 0.250. The number of nitrogens with zero attached hydrogens (tertiary/aromatic N) is 3. The van der Waals surface area contributed by atoms with E-state index in [-0.39, 0.29) is 18.1 Å². The molecule has 1 atom stereocenters. The lowest BCUT2D eigenvalue weighted by atomic mass is 10.2. The van der Waals surface area contributed by atoms with Crippen LogP contribution in [0.25, 0.3) is 11.4 Å². The van der Waals surface area contributed by atoms with Gasteiger partial charge in [0, 0.05) is 5.56 Å². The number of anilines is 1. The van der Waals surface area contributed by atoms with Crippen LogP contribution in [0.15, 0.2) is 53.1 Å². The van der Waals surface area contributed by atoms with Gasteiger partial charge >= 0.3 is 0 Å². The van der Waals surface area contributed by atoms with Crippen LogP contribution < -0.4 is 14.4 Å². The third-order valence-corrected chi connectivity index (χ3v) is 5.62. The molecule has 1 N–H and O–H groups in total. The summed E-state index contributed by atoms with van der Waals surface area (Å²) in [6.45, 7) is 1.33. The zero-order valence-corrected chi connectivity index (χ0v) is 17.9. The monoisotopic (exact) mass is 448 g/mol. The van der Waals surface area contributed by atoms with E-state index < -0.39 is 27.8 Å². The van der Waals surface area contributed by atoms with Gasteiger partial charge in [0.1, 0.15) is 17.6 Å². The van der Waals surface area contributed by atoms with Crippen molar-refractivity contribution in [2.75, 3.05) is 17.7 Å². The Hall–Kier alpha value is -3.47. The van der Waals surface area contributed by atoms with Gasteiger partial charge in [-0.3, -0.25) is 9.10 Å². The second kappa shape index (κ2) is 9.13. The average molecular weight is 448 g/mol. The zero-order valence-electron chi connectivity index (χ0n) is 17.1. The Balaban J connectivity index is 1.70. The van der Waals surface area contributed by atoms with Gasteiger partial charge in [-0.05, 0) is 43.3 Å². The van der Waals surface area contributed by atoms with Crippen molar-refractivity contribution in [3.8, 4) is 17.1 Å². The summed E-state index contributed by atoms with van der Waals surface area (Å²) in [7, 11) is -2.26. The first-order valence-electron chi connectivity index (χ1n) is 9.18. The molecule has 0 saturated carbocycles. The number of ether oxygens (including phenoxy) is 1. The maximum absolute atomic E-state index is 13.2.